The van der Waals surface area contributed by atoms with E-state index in [1.807, 2.05) is 24.3 Å². The van der Waals surface area contributed by atoms with Gasteiger partial charge >= 0.3 is 0 Å². The Bertz CT molecular complexity index is 505. The zero-order valence-corrected chi connectivity index (χ0v) is 13.2. The topological polar surface area (TPSA) is 41.6 Å². The van der Waals surface area contributed by atoms with Gasteiger partial charge in [-0.25, -0.2) is 0 Å². The first-order chi connectivity index (χ1) is 10.2. The molecule has 5 heteroatoms. The summed E-state index contributed by atoms with van der Waals surface area (Å²) in [6, 6.07) is 8.97. The van der Waals surface area contributed by atoms with Crippen LogP contribution in [-0.4, -0.2) is 48.8 Å². The first-order valence-electron chi connectivity index (χ1n) is 7.55. The Kier molecular flexibility index (Phi) is 4.70. The van der Waals surface area contributed by atoms with Gasteiger partial charge in [0, 0.05) is 30.1 Å². The highest BCUT2D eigenvalue weighted by Gasteiger charge is 2.34. The lowest BCUT2D eigenvalue weighted by Gasteiger charge is -2.15. The van der Waals surface area contributed by atoms with Gasteiger partial charge in [-0.2, -0.15) is 0 Å². The van der Waals surface area contributed by atoms with Gasteiger partial charge in [-0.1, -0.05) is 6.07 Å². The van der Waals surface area contributed by atoms with Crippen molar-refractivity contribution in [3.8, 4) is 5.75 Å². The van der Waals surface area contributed by atoms with E-state index >= 15 is 0 Å². The molecule has 1 N–H and O–H groups in total. The van der Waals surface area contributed by atoms with Crippen LogP contribution in [0.15, 0.2) is 29.2 Å². The minimum atomic E-state index is 0.130. The number of hydrogen-bond acceptors (Lipinski definition) is 4. The molecule has 1 unspecified atom stereocenters. The van der Waals surface area contributed by atoms with Crippen molar-refractivity contribution in [1.29, 1.82) is 0 Å². The van der Waals surface area contributed by atoms with E-state index in [0.717, 1.165) is 36.2 Å². The molecule has 2 fully saturated rings. The predicted molar refractivity (Wildman–Crippen MR) is 84.9 cm³/mol. The Morgan fingerprint density at radius 3 is 3.05 bits per heavy atom. The smallest absolute Gasteiger partial charge is 0.230 e. The zero-order valence-electron chi connectivity index (χ0n) is 12.4. The van der Waals surface area contributed by atoms with Gasteiger partial charge in [0.25, 0.3) is 0 Å². The summed E-state index contributed by atoms with van der Waals surface area (Å²) >= 11 is 1.56. The minimum Gasteiger partial charge on any atom is -0.497 e. The molecule has 0 bridgehead atoms. The predicted octanol–water partition coefficient (Wildman–Crippen LogP) is 2.14. The number of benzene rings is 1. The van der Waals surface area contributed by atoms with Gasteiger partial charge < -0.3 is 10.1 Å². The number of carbonyl (C=O) groups excluding carboxylic acids is 1. The van der Waals surface area contributed by atoms with Gasteiger partial charge in [-0.15, -0.1) is 11.8 Å². The lowest BCUT2D eigenvalue weighted by Crippen LogP contribution is -2.38. The quantitative estimate of drug-likeness (QED) is 0.818. The molecule has 1 saturated heterocycles. The van der Waals surface area contributed by atoms with Gasteiger partial charge in [-0.05, 0) is 37.5 Å². The van der Waals surface area contributed by atoms with Crippen LogP contribution in [0.3, 0.4) is 0 Å². The maximum Gasteiger partial charge on any atom is 0.230 e. The molecule has 4 nitrogen and oxygen atoms in total. The van der Waals surface area contributed by atoms with Crippen molar-refractivity contribution in [3.63, 3.8) is 0 Å². The van der Waals surface area contributed by atoms with Gasteiger partial charge in [0.15, 0.2) is 0 Å². The number of likely N-dealkylation sites (tertiary alicyclic amines) is 1. The summed E-state index contributed by atoms with van der Waals surface area (Å²) in [5, 5.41) is 3.16. The largest absolute Gasteiger partial charge is 0.497 e. The van der Waals surface area contributed by atoms with Crippen molar-refractivity contribution in [2.75, 3.05) is 26.0 Å². The van der Waals surface area contributed by atoms with Crippen molar-refractivity contribution in [2.45, 2.75) is 36.2 Å². The molecule has 114 valence electrons. The van der Waals surface area contributed by atoms with Gasteiger partial charge in [0.2, 0.25) is 5.91 Å². The van der Waals surface area contributed by atoms with Crippen molar-refractivity contribution in [2.24, 2.45) is 0 Å². The highest BCUT2D eigenvalue weighted by Crippen LogP contribution is 2.29. The average molecular weight is 306 g/mol. The molecule has 0 aromatic heterocycles. The molecule has 3 rings (SSSR count). The van der Waals surface area contributed by atoms with Crippen LogP contribution in [0.5, 0.6) is 5.75 Å². The number of hydrogen-bond donors (Lipinski definition) is 1. The fourth-order valence-corrected chi connectivity index (χ4v) is 3.54. The lowest BCUT2D eigenvalue weighted by molar-refractivity contribution is -0.119. The number of amides is 1. The molecule has 1 aliphatic heterocycles. The first kappa shape index (κ1) is 14.7. The molecule has 1 heterocycles. The number of nitrogens with one attached hydrogen (secondary N) is 1. The third-order valence-corrected chi connectivity index (χ3v) is 5.05. The summed E-state index contributed by atoms with van der Waals surface area (Å²) < 4.78 is 5.19. The van der Waals surface area contributed by atoms with Crippen LogP contribution < -0.4 is 10.1 Å². The van der Waals surface area contributed by atoms with E-state index in [1.165, 1.54) is 12.8 Å². The summed E-state index contributed by atoms with van der Waals surface area (Å²) in [7, 11) is 1.65. The van der Waals surface area contributed by atoms with Crippen LogP contribution in [0.2, 0.25) is 0 Å². The van der Waals surface area contributed by atoms with Crippen molar-refractivity contribution in [1.82, 2.24) is 10.2 Å². The zero-order chi connectivity index (χ0) is 14.7. The second-order valence-electron chi connectivity index (χ2n) is 5.75. The molecular weight excluding hydrogens is 284 g/mol. The fraction of sp³-hybridized carbons (Fsp3) is 0.562. The van der Waals surface area contributed by atoms with Crippen LogP contribution in [0, 0.1) is 0 Å². The molecule has 1 aliphatic carbocycles. The molecule has 1 atom stereocenters. The Morgan fingerprint density at radius 1 is 1.43 bits per heavy atom. The summed E-state index contributed by atoms with van der Waals surface area (Å²) in [5.41, 5.74) is 0. The molecule has 1 saturated carbocycles. The number of thioether (sulfide) groups is 1. The van der Waals surface area contributed by atoms with Crippen LogP contribution in [0.4, 0.5) is 0 Å². The molecule has 1 aromatic carbocycles. The van der Waals surface area contributed by atoms with Crippen molar-refractivity contribution < 1.29 is 9.53 Å². The number of methoxy groups -OCH3 is 1. The summed E-state index contributed by atoms with van der Waals surface area (Å²) in [5.74, 6) is 1.43. The summed E-state index contributed by atoms with van der Waals surface area (Å²) in [6.07, 6.45) is 3.77. The standard InChI is InChI=1S/C16H22N2O2S/c1-20-14-3-2-4-15(9-14)21-11-16(19)17-12-7-8-18(10-12)13-5-6-13/h2-4,9,12-13H,5-8,10-11H2,1H3,(H,17,19). The second-order valence-corrected chi connectivity index (χ2v) is 6.80. The number of ether oxygens (including phenoxy) is 1. The average Bonchev–Trinajstić information content (AvgIpc) is 3.26. The molecule has 0 spiro atoms. The molecular formula is C16H22N2O2S. The Balaban J connectivity index is 1.41. The van der Waals surface area contributed by atoms with E-state index in [9.17, 15) is 4.79 Å². The highest BCUT2D eigenvalue weighted by molar-refractivity contribution is 8.00. The van der Waals surface area contributed by atoms with Crippen molar-refractivity contribution in [3.05, 3.63) is 24.3 Å². The third kappa shape index (κ3) is 4.14. The monoisotopic (exact) mass is 306 g/mol. The Labute approximate surface area is 130 Å². The second kappa shape index (κ2) is 6.71. The molecule has 1 aromatic rings. The van der Waals surface area contributed by atoms with Gasteiger partial charge in [-0.3, -0.25) is 9.69 Å². The van der Waals surface area contributed by atoms with Crippen LogP contribution in [-0.2, 0) is 4.79 Å². The van der Waals surface area contributed by atoms with E-state index in [4.69, 9.17) is 4.74 Å². The Morgan fingerprint density at radius 2 is 2.29 bits per heavy atom. The van der Waals surface area contributed by atoms with E-state index in [2.05, 4.69) is 10.2 Å². The maximum absolute atomic E-state index is 12.0. The molecule has 21 heavy (non-hydrogen) atoms. The normalized spacial score (nSPS) is 22.2. The lowest BCUT2D eigenvalue weighted by atomic mass is 10.2. The molecule has 1 amide bonds. The van der Waals surface area contributed by atoms with Crippen LogP contribution >= 0.6 is 11.8 Å². The van der Waals surface area contributed by atoms with Crippen LogP contribution in [0.25, 0.3) is 0 Å². The summed E-state index contributed by atoms with van der Waals surface area (Å²) in [4.78, 5) is 15.6. The molecule has 0 radical (unpaired) electrons. The SMILES string of the molecule is COc1cccc(SCC(=O)NC2CCN(C3CC3)C2)c1. The van der Waals surface area contributed by atoms with E-state index in [0.29, 0.717) is 11.8 Å². The first-order valence-corrected chi connectivity index (χ1v) is 8.53. The fourth-order valence-electron chi connectivity index (χ4n) is 2.79. The summed E-state index contributed by atoms with van der Waals surface area (Å²) in [6.45, 7) is 2.17. The third-order valence-electron chi connectivity index (χ3n) is 4.06. The van der Waals surface area contributed by atoms with Gasteiger partial charge in [0.1, 0.15) is 5.75 Å². The van der Waals surface area contributed by atoms with Crippen LogP contribution in [0.1, 0.15) is 19.3 Å². The number of nitrogens with zero attached hydrogens (tertiary/aromatic N) is 1. The highest BCUT2D eigenvalue weighted by atomic mass is 32.2. The minimum absolute atomic E-state index is 0.130. The number of carbonyl (C=O) groups is 1. The van der Waals surface area contributed by atoms with E-state index in [-0.39, 0.29) is 5.91 Å². The molecule has 2 aliphatic rings. The van der Waals surface area contributed by atoms with E-state index in [1.54, 1.807) is 18.9 Å². The van der Waals surface area contributed by atoms with Gasteiger partial charge in [0.05, 0.1) is 12.9 Å². The Hall–Kier alpha value is -1.20. The maximum atomic E-state index is 12.0. The van der Waals surface area contributed by atoms with E-state index < -0.39 is 0 Å². The van der Waals surface area contributed by atoms with Crippen molar-refractivity contribution >= 4 is 17.7 Å². The number of rotatable bonds is 6.